The Morgan fingerprint density at radius 2 is 1.57 bits per heavy atom. The number of allylic oxidation sites excluding steroid dienone is 7. The number of Topliss-reactive ketones (excluding diaryl/α,β-unsaturated/α-hetero) is 1. The zero-order valence-electron chi connectivity index (χ0n) is 24.7. The number of hydrogen-bond donors (Lipinski definition) is 1. The third-order valence-electron chi connectivity index (χ3n) is 8.58. The van der Waals surface area contributed by atoms with E-state index in [0.717, 1.165) is 22.8 Å². The molecule has 1 N–H and O–H groups in total. The summed E-state index contributed by atoms with van der Waals surface area (Å²) in [5.41, 5.74) is 7.55. The van der Waals surface area contributed by atoms with Gasteiger partial charge in [-0.05, 0) is 65.1 Å². The number of anilines is 1. The SMILES string of the molecule is CC(C)N1/C(=C/C2=C(C(=C=N)C#N)C(=C/C3=[N+](C(C)C)c4ccccc4C3(C)C)/C2=O)C(C)(C)c2ccccc21. The number of nitrogens with one attached hydrogen (secondary N) is 1. The van der Waals surface area contributed by atoms with E-state index in [0.29, 0.717) is 16.7 Å². The van der Waals surface area contributed by atoms with E-state index in [4.69, 9.17) is 5.41 Å². The standard InChI is InChI=1S/C35H37N4O/c1-21(2)38-28-15-11-9-13-26(28)34(5,6)30(38)17-24-32(23(19-36)20-37)25(33(24)40)18-31-35(7,8)27-14-10-12-16-29(27)39(31)22(3)4/h9-18,21-22,36H,1-8H3/q+1. The second kappa shape index (κ2) is 9.44. The molecule has 2 aromatic carbocycles. The van der Waals surface area contributed by atoms with Crippen molar-refractivity contribution in [2.45, 2.75) is 78.3 Å². The highest BCUT2D eigenvalue weighted by molar-refractivity contribution is 6.27. The number of fused-ring (bicyclic) bond motifs is 2. The minimum Gasteiger partial charge on any atom is -0.341 e. The molecule has 0 saturated carbocycles. The minimum atomic E-state index is -0.335. The first kappa shape index (κ1) is 27.3. The fraction of sp³-hybridized carbons (Fsp3) is 0.343. The number of benzene rings is 2. The van der Waals surface area contributed by atoms with Crippen LogP contribution in [0.25, 0.3) is 0 Å². The number of para-hydroxylation sites is 2. The molecule has 5 heteroatoms. The van der Waals surface area contributed by atoms with Gasteiger partial charge in [-0.3, -0.25) is 10.2 Å². The first-order valence-corrected chi connectivity index (χ1v) is 14.0. The van der Waals surface area contributed by atoms with Gasteiger partial charge in [-0.1, -0.05) is 50.2 Å². The highest BCUT2D eigenvalue weighted by atomic mass is 16.1. The molecule has 0 bridgehead atoms. The summed E-state index contributed by atoms with van der Waals surface area (Å²) in [6, 6.07) is 19.2. The van der Waals surface area contributed by atoms with Crippen LogP contribution in [0.2, 0.25) is 0 Å². The van der Waals surface area contributed by atoms with Crippen molar-refractivity contribution in [1.29, 1.82) is 10.7 Å². The quantitative estimate of drug-likeness (QED) is 0.195. The second-order valence-electron chi connectivity index (χ2n) is 12.4. The number of rotatable bonds is 5. The van der Waals surface area contributed by atoms with Gasteiger partial charge in [-0.25, -0.2) is 0 Å². The van der Waals surface area contributed by atoms with Crippen LogP contribution in [0.3, 0.4) is 0 Å². The summed E-state index contributed by atoms with van der Waals surface area (Å²) in [5, 5.41) is 17.9. The normalized spacial score (nSPS) is 20.7. The van der Waals surface area contributed by atoms with Gasteiger partial charge in [0, 0.05) is 57.3 Å². The number of carbonyl (C=O) groups is 1. The molecule has 0 spiro atoms. The topological polar surface area (TPSA) is 71.0 Å². The lowest BCUT2D eigenvalue weighted by Crippen LogP contribution is -2.34. The Morgan fingerprint density at radius 3 is 2.17 bits per heavy atom. The highest BCUT2D eigenvalue weighted by Gasteiger charge is 2.48. The first-order chi connectivity index (χ1) is 18.9. The Balaban J connectivity index is 1.74. The molecule has 202 valence electrons. The largest absolute Gasteiger partial charge is 0.341 e. The Kier molecular flexibility index (Phi) is 6.44. The van der Waals surface area contributed by atoms with Crippen molar-refractivity contribution >= 4 is 28.7 Å². The fourth-order valence-electron chi connectivity index (χ4n) is 6.59. The Hall–Kier alpha value is -4.26. The van der Waals surface area contributed by atoms with Gasteiger partial charge in [0.2, 0.25) is 5.69 Å². The van der Waals surface area contributed by atoms with Crippen molar-refractivity contribution in [2.24, 2.45) is 0 Å². The molecular formula is C35H37N4O+. The van der Waals surface area contributed by atoms with E-state index in [1.165, 1.54) is 11.1 Å². The molecule has 2 aliphatic heterocycles. The van der Waals surface area contributed by atoms with Gasteiger partial charge in [0.05, 0.1) is 5.41 Å². The number of nitrogens with zero attached hydrogens (tertiary/aromatic N) is 3. The zero-order valence-corrected chi connectivity index (χ0v) is 24.7. The molecule has 0 saturated heterocycles. The predicted molar refractivity (Wildman–Crippen MR) is 162 cm³/mol. The maximum absolute atomic E-state index is 14.0. The van der Waals surface area contributed by atoms with Crippen molar-refractivity contribution in [3.63, 3.8) is 0 Å². The molecule has 3 aliphatic rings. The van der Waals surface area contributed by atoms with E-state index < -0.39 is 0 Å². The molecule has 5 rings (SSSR count). The van der Waals surface area contributed by atoms with Gasteiger partial charge in [0.15, 0.2) is 17.5 Å². The molecule has 0 fully saturated rings. The van der Waals surface area contributed by atoms with Gasteiger partial charge in [-0.15, -0.1) is 0 Å². The number of hydrogen-bond acceptors (Lipinski definition) is 4. The van der Waals surface area contributed by atoms with Gasteiger partial charge in [-0.2, -0.15) is 9.84 Å². The lowest BCUT2D eigenvalue weighted by atomic mass is 9.73. The molecule has 5 nitrogen and oxygen atoms in total. The third-order valence-corrected chi connectivity index (χ3v) is 8.58. The van der Waals surface area contributed by atoms with Crippen LogP contribution in [-0.2, 0) is 15.6 Å². The Labute approximate surface area is 237 Å². The van der Waals surface area contributed by atoms with Crippen LogP contribution < -0.4 is 4.90 Å². The van der Waals surface area contributed by atoms with Crippen LogP contribution in [0, 0.1) is 16.7 Å². The minimum absolute atomic E-state index is 0.0760. The Bertz CT molecular complexity index is 1680. The van der Waals surface area contributed by atoms with E-state index in [1.54, 1.807) is 0 Å². The summed E-state index contributed by atoms with van der Waals surface area (Å²) >= 11 is 0. The van der Waals surface area contributed by atoms with Gasteiger partial charge < -0.3 is 4.90 Å². The predicted octanol–water partition coefficient (Wildman–Crippen LogP) is 7.07. The molecule has 0 aromatic heterocycles. The third kappa shape index (κ3) is 3.79. The van der Waals surface area contributed by atoms with E-state index >= 15 is 0 Å². The van der Waals surface area contributed by atoms with E-state index in [2.05, 4.69) is 101 Å². The number of nitriles is 1. The summed E-state index contributed by atoms with van der Waals surface area (Å²) in [6.45, 7) is 17.3. The van der Waals surface area contributed by atoms with Crippen molar-refractivity contribution in [3.05, 3.63) is 99.8 Å². The van der Waals surface area contributed by atoms with Crippen LogP contribution in [0.15, 0.2) is 88.7 Å². The number of carbonyl (C=O) groups excluding carboxylic acids is 1. The van der Waals surface area contributed by atoms with Gasteiger partial charge >= 0.3 is 0 Å². The summed E-state index contributed by atoms with van der Waals surface area (Å²) in [4.78, 5) is 16.3. The smallest absolute Gasteiger partial charge is 0.209 e. The molecule has 0 amide bonds. The highest BCUT2D eigenvalue weighted by Crippen LogP contribution is 2.50. The molecular weight excluding hydrogens is 492 g/mol. The monoisotopic (exact) mass is 529 g/mol. The van der Waals surface area contributed by atoms with Crippen LogP contribution in [0.1, 0.15) is 66.5 Å². The summed E-state index contributed by atoms with van der Waals surface area (Å²) in [6.07, 6.45) is 3.90. The Morgan fingerprint density at radius 1 is 0.950 bits per heavy atom. The van der Waals surface area contributed by atoms with E-state index in [-0.39, 0.29) is 34.3 Å². The summed E-state index contributed by atoms with van der Waals surface area (Å²) in [7, 11) is 0. The molecule has 40 heavy (non-hydrogen) atoms. The molecule has 0 atom stereocenters. The average Bonchev–Trinajstić information content (AvgIpc) is 3.28. The molecule has 0 unspecified atom stereocenters. The summed E-state index contributed by atoms with van der Waals surface area (Å²) in [5.74, 6) is 2.21. The molecule has 2 heterocycles. The zero-order chi connectivity index (χ0) is 29.1. The fourth-order valence-corrected chi connectivity index (χ4v) is 6.59. The van der Waals surface area contributed by atoms with Crippen molar-refractivity contribution < 1.29 is 9.37 Å². The van der Waals surface area contributed by atoms with Crippen molar-refractivity contribution in [2.75, 3.05) is 4.90 Å². The summed E-state index contributed by atoms with van der Waals surface area (Å²) < 4.78 is 2.28. The van der Waals surface area contributed by atoms with E-state index in [1.807, 2.05) is 36.4 Å². The van der Waals surface area contributed by atoms with Crippen LogP contribution in [0.4, 0.5) is 11.4 Å². The molecule has 1 aliphatic carbocycles. The van der Waals surface area contributed by atoms with Crippen LogP contribution in [0.5, 0.6) is 0 Å². The maximum Gasteiger partial charge on any atom is 0.209 e. The first-order valence-electron chi connectivity index (χ1n) is 14.0. The van der Waals surface area contributed by atoms with Gasteiger partial charge in [0.1, 0.15) is 11.6 Å². The number of ketones is 1. The van der Waals surface area contributed by atoms with Crippen LogP contribution in [-0.4, -0.2) is 34.0 Å². The lowest BCUT2D eigenvalue weighted by molar-refractivity contribution is -0.472. The average molecular weight is 530 g/mol. The molecule has 0 radical (unpaired) electrons. The lowest BCUT2D eigenvalue weighted by Gasteiger charge is -2.32. The maximum atomic E-state index is 14.0. The van der Waals surface area contributed by atoms with E-state index in [9.17, 15) is 10.1 Å². The molecule has 2 aromatic rings. The van der Waals surface area contributed by atoms with Gasteiger partial charge in [0.25, 0.3) is 0 Å². The second-order valence-corrected chi connectivity index (χ2v) is 12.4. The van der Waals surface area contributed by atoms with Crippen molar-refractivity contribution in [3.8, 4) is 6.07 Å². The van der Waals surface area contributed by atoms with Crippen LogP contribution >= 0.6 is 0 Å². The van der Waals surface area contributed by atoms with Crippen molar-refractivity contribution in [1.82, 2.24) is 0 Å².